The number of anilines is 2. The second-order valence-electron chi connectivity index (χ2n) is 7.67. The fraction of sp³-hybridized carbons (Fsp3) is 0.192. The van der Waals surface area contributed by atoms with Crippen molar-refractivity contribution >= 4 is 29.2 Å². The van der Waals surface area contributed by atoms with Gasteiger partial charge in [0, 0.05) is 29.6 Å². The molecule has 3 rings (SSSR count). The van der Waals surface area contributed by atoms with E-state index in [1.807, 2.05) is 0 Å². The molecular formula is C26H23F3N2O7. The van der Waals surface area contributed by atoms with Crippen molar-refractivity contribution in [3.8, 4) is 17.2 Å². The van der Waals surface area contributed by atoms with E-state index in [2.05, 4.69) is 10.6 Å². The van der Waals surface area contributed by atoms with Crippen molar-refractivity contribution in [2.75, 3.05) is 38.1 Å². The first-order chi connectivity index (χ1) is 18.1. The van der Waals surface area contributed by atoms with Gasteiger partial charge in [-0.3, -0.25) is 9.59 Å². The van der Waals surface area contributed by atoms with E-state index < -0.39 is 42.7 Å². The number of hydrogen-bond acceptors (Lipinski definition) is 7. The van der Waals surface area contributed by atoms with E-state index in [1.165, 1.54) is 50.6 Å². The van der Waals surface area contributed by atoms with E-state index in [0.29, 0.717) is 17.2 Å². The number of methoxy groups -OCH3 is 2. The zero-order chi connectivity index (χ0) is 27.7. The molecule has 0 heterocycles. The number of halogens is 3. The van der Waals surface area contributed by atoms with Crippen LogP contribution in [-0.4, -0.2) is 45.2 Å². The lowest BCUT2D eigenvalue weighted by Crippen LogP contribution is -2.21. The van der Waals surface area contributed by atoms with Gasteiger partial charge in [-0.25, -0.2) is 4.79 Å². The average Bonchev–Trinajstić information content (AvgIpc) is 2.90. The largest absolute Gasteiger partial charge is 0.497 e. The molecule has 0 aliphatic carbocycles. The zero-order valence-corrected chi connectivity index (χ0v) is 20.3. The van der Waals surface area contributed by atoms with Crippen LogP contribution in [-0.2, 0) is 20.5 Å². The van der Waals surface area contributed by atoms with Crippen LogP contribution in [0.15, 0.2) is 66.7 Å². The molecule has 0 aliphatic rings. The molecular weight excluding hydrogens is 509 g/mol. The number of nitrogens with one attached hydrogen (secondary N) is 2. The summed E-state index contributed by atoms with van der Waals surface area (Å²) in [6, 6.07) is 14.5. The zero-order valence-electron chi connectivity index (χ0n) is 20.3. The molecule has 200 valence electrons. The topological polar surface area (TPSA) is 112 Å². The van der Waals surface area contributed by atoms with Gasteiger partial charge in [0.15, 0.2) is 13.2 Å². The highest BCUT2D eigenvalue weighted by Crippen LogP contribution is 2.30. The van der Waals surface area contributed by atoms with Crippen LogP contribution in [0.5, 0.6) is 17.2 Å². The third-order valence-electron chi connectivity index (χ3n) is 4.90. The average molecular weight is 532 g/mol. The minimum Gasteiger partial charge on any atom is -0.497 e. The molecule has 0 spiro atoms. The molecule has 3 aromatic carbocycles. The molecule has 0 aliphatic heterocycles. The Kier molecular flexibility index (Phi) is 9.14. The molecule has 0 saturated carbocycles. The summed E-state index contributed by atoms with van der Waals surface area (Å²) in [4.78, 5) is 36.4. The standard InChI is InChI=1S/C26H23F3N2O7/c1-35-21-11-19(12-22(13-21)36-2)31-24(33)15-38-25(34)16-6-8-20(9-7-16)37-14-23(32)30-18-5-3-4-17(10-18)26(27,28)29/h3-13H,14-15H2,1-2H3,(H,30,32)(H,31,33). The highest BCUT2D eigenvalue weighted by Gasteiger charge is 2.30. The molecule has 0 saturated heterocycles. The molecule has 3 aromatic rings. The van der Waals surface area contributed by atoms with E-state index >= 15 is 0 Å². The predicted octanol–water partition coefficient (Wildman–Crippen LogP) is 4.54. The lowest BCUT2D eigenvalue weighted by Gasteiger charge is -2.11. The lowest BCUT2D eigenvalue weighted by molar-refractivity contribution is -0.137. The van der Waals surface area contributed by atoms with Gasteiger partial charge in [-0.15, -0.1) is 0 Å². The maximum absolute atomic E-state index is 12.8. The number of carbonyl (C=O) groups is 3. The first kappa shape index (κ1) is 27.8. The molecule has 0 bridgehead atoms. The minimum atomic E-state index is -4.53. The molecule has 0 radical (unpaired) electrons. The predicted molar refractivity (Wildman–Crippen MR) is 130 cm³/mol. The van der Waals surface area contributed by atoms with Crippen molar-refractivity contribution < 1.29 is 46.5 Å². The van der Waals surface area contributed by atoms with Crippen molar-refractivity contribution in [3.05, 3.63) is 77.9 Å². The van der Waals surface area contributed by atoms with Crippen molar-refractivity contribution in [1.29, 1.82) is 0 Å². The molecule has 0 aromatic heterocycles. The molecule has 0 atom stereocenters. The number of rotatable bonds is 10. The highest BCUT2D eigenvalue weighted by molar-refractivity contribution is 5.96. The van der Waals surface area contributed by atoms with Gasteiger partial charge in [0.2, 0.25) is 0 Å². The Morgan fingerprint density at radius 2 is 1.34 bits per heavy atom. The van der Waals surface area contributed by atoms with Crippen LogP contribution >= 0.6 is 0 Å². The number of amides is 2. The Morgan fingerprint density at radius 1 is 0.737 bits per heavy atom. The van der Waals surface area contributed by atoms with E-state index in [1.54, 1.807) is 18.2 Å². The molecule has 0 unspecified atom stereocenters. The van der Waals surface area contributed by atoms with Crippen LogP contribution in [0, 0.1) is 0 Å². The van der Waals surface area contributed by atoms with Crippen LogP contribution in [0.3, 0.4) is 0 Å². The fourth-order valence-electron chi connectivity index (χ4n) is 3.10. The first-order valence-electron chi connectivity index (χ1n) is 11.0. The molecule has 0 fully saturated rings. The van der Waals surface area contributed by atoms with Crippen molar-refractivity contribution in [3.63, 3.8) is 0 Å². The van der Waals surface area contributed by atoms with Gasteiger partial charge in [-0.1, -0.05) is 6.07 Å². The Bertz CT molecular complexity index is 1270. The number of carbonyl (C=O) groups excluding carboxylic acids is 3. The highest BCUT2D eigenvalue weighted by atomic mass is 19.4. The van der Waals surface area contributed by atoms with Crippen molar-refractivity contribution in [2.45, 2.75) is 6.18 Å². The lowest BCUT2D eigenvalue weighted by atomic mass is 10.2. The first-order valence-corrected chi connectivity index (χ1v) is 11.0. The summed E-state index contributed by atoms with van der Waals surface area (Å²) in [6.07, 6.45) is -4.53. The SMILES string of the molecule is COc1cc(NC(=O)COC(=O)c2ccc(OCC(=O)Nc3cccc(C(F)(F)F)c3)cc2)cc(OC)c1. The van der Waals surface area contributed by atoms with Gasteiger partial charge in [0.1, 0.15) is 17.2 Å². The van der Waals surface area contributed by atoms with E-state index in [0.717, 1.165) is 12.1 Å². The van der Waals surface area contributed by atoms with Gasteiger partial charge in [0.25, 0.3) is 11.8 Å². The van der Waals surface area contributed by atoms with E-state index in [9.17, 15) is 27.6 Å². The maximum Gasteiger partial charge on any atom is 0.416 e. The summed E-state index contributed by atoms with van der Waals surface area (Å²) in [5, 5.41) is 4.89. The van der Waals surface area contributed by atoms with Crippen LogP contribution in [0.2, 0.25) is 0 Å². The molecule has 9 nitrogen and oxygen atoms in total. The molecule has 38 heavy (non-hydrogen) atoms. The summed E-state index contributed by atoms with van der Waals surface area (Å²) < 4.78 is 59.0. The smallest absolute Gasteiger partial charge is 0.416 e. The van der Waals surface area contributed by atoms with E-state index in [-0.39, 0.29) is 17.0 Å². The monoisotopic (exact) mass is 532 g/mol. The normalized spacial score (nSPS) is 10.8. The van der Waals surface area contributed by atoms with Gasteiger partial charge < -0.3 is 29.6 Å². The van der Waals surface area contributed by atoms with Gasteiger partial charge in [-0.2, -0.15) is 13.2 Å². The minimum absolute atomic E-state index is 0.0268. The fourth-order valence-corrected chi connectivity index (χ4v) is 3.10. The Labute approximate surface area is 215 Å². The van der Waals surface area contributed by atoms with Crippen LogP contribution in [0.25, 0.3) is 0 Å². The Morgan fingerprint density at radius 3 is 1.95 bits per heavy atom. The van der Waals surface area contributed by atoms with E-state index in [4.69, 9.17) is 18.9 Å². The third kappa shape index (κ3) is 8.15. The Hall–Kier alpha value is -4.74. The molecule has 12 heteroatoms. The number of ether oxygens (including phenoxy) is 4. The van der Waals surface area contributed by atoms with Gasteiger partial charge >= 0.3 is 12.1 Å². The number of esters is 1. The summed E-state index contributed by atoms with van der Waals surface area (Å²) in [6.45, 7) is -1.03. The second-order valence-corrected chi connectivity index (χ2v) is 7.67. The second kappa shape index (κ2) is 12.5. The summed E-state index contributed by atoms with van der Waals surface area (Å²) in [5.41, 5.74) is -0.403. The van der Waals surface area contributed by atoms with Crippen LogP contribution in [0.1, 0.15) is 15.9 Å². The van der Waals surface area contributed by atoms with Gasteiger partial charge in [0.05, 0.1) is 25.3 Å². The summed E-state index contributed by atoms with van der Waals surface area (Å²) in [5.74, 6) is -0.866. The number of benzene rings is 3. The summed E-state index contributed by atoms with van der Waals surface area (Å²) >= 11 is 0. The Balaban J connectivity index is 1.46. The van der Waals surface area contributed by atoms with Crippen LogP contribution in [0.4, 0.5) is 24.5 Å². The third-order valence-corrected chi connectivity index (χ3v) is 4.90. The summed E-state index contributed by atoms with van der Waals surface area (Å²) in [7, 11) is 2.93. The van der Waals surface area contributed by atoms with Crippen molar-refractivity contribution in [2.24, 2.45) is 0 Å². The number of alkyl halides is 3. The number of hydrogen-bond donors (Lipinski definition) is 2. The molecule has 2 N–H and O–H groups in total. The maximum atomic E-state index is 12.8. The van der Waals surface area contributed by atoms with Crippen molar-refractivity contribution in [1.82, 2.24) is 0 Å². The quantitative estimate of drug-likeness (QED) is 0.369. The van der Waals surface area contributed by atoms with Crippen LogP contribution < -0.4 is 24.8 Å². The van der Waals surface area contributed by atoms with Gasteiger partial charge in [-0.05, 0) is 42.5 Å². The molecule has 2 amide bonds.